The summed E-state index contributed by atoms with van der Waals surface area (Å²) < 4.78 is 5.30. The minimum atomic E-state index is -0.441. The van der Waals surface area contributed by atoms with Crippen molar-refractivity contribution in [2.75, 3.05) is 0 Å². The van der Waals surface area contributed by atoms with Gasteiger partial charge in [-0.25, -0.2) is 4.79 Å². The van der Waals surface area contributed by atoms with Gasteiger partial charge in [-0.3, -0.25) is 0 Å². The van der Waals surface area contributed by atoms with Crippen molar-refractivity contribution in [2.24, 2.45) is 0 Å². The van der Waals surface area contributed by atoms with E-state index >= 15 is 0 Å². The van der Waals surface area contributed by atoms with E-state index in [1.54, 1.807) is 24.3 Å². The van der Waals surface area contributed by atoms with Gasteiger partial charge in [0.05, 0.1) is 11.6 Å². The molecule has 0 fully saturated rings. The lowest BCUT2D eigenvalue weighted by atomic mass is 10.0. The zero-order valence-corrected chi connectivity index (χ0v) is 14.6. The van der Waals surface area contributed by atoms with Gasteiger partial charge in [0.1, 0.15) is 5.75 Å². The Bertz CT molecular complexity index is 996. The molecule has 3 nitrogen and oxygen atoms in total. The second-order valence-corrected chi connectivity index (χ2v) is 5.77. The summed E-state index contributed by atoms with van der Waals surface area (Å²) in [4.78, 5) is 11.9. The first kappa shape index (κ1) is 17.9. The third-order valence-corrected chi connectivity index (χ3v) is 3.83. The van der Waals surface area contributed by atoms with Gasteiger partial charge in [0.15, 0.2) is 0 Å². The van der Waals surface area contributed by atoms with E-state index in [2.05, 4.69) is 6.07 Å². The summed E-state index contributed by atoms with van der Waals surface area (Å²) in [5.74, 6) is 0.0113. The fraction of sp³-hybridized carbons (Fsp3) is 0. The molecule has 3 aromatic carbocycles. The maximum atomic E-state index is 11.9. The summed E-state index contributed by atoms with van der Waals surface area (Å²) in [6.45, 7) is 0. The smallest absolute Gasteiger partial charge is 0.336 e. The van der Waals surface area contributed by atoms with E-state index in [4.69, 9.17) is 4.74 Å². The number of hydrogen-bond acceptors (Lipinski definition) is 3. The average molecular weight is 351 g/mol. The Hall–Kier alpha value is -3.90. The van der Waals surface area contributed by atoms with Crippen LogP contribution >= 0.6 is 0 Å². The molecular formula is C24H17NO2. The third-order valence-electron chi connectivity index (χ3n) is 3.83. The molecule has 130 valence electrons. The molecule has 0 aliphatic heterocycles. The van der Waals surface area contributed by atoms with Crippen LogP contribution in [-0.4, -0.2) is 5.97 Å². The lowest BCUT2D eigenvalue weighted by molar-refractivity contribution is -0.128. The van der Waals surface area contributed by atoms with Crippen molar-refractivity contribution in [1.82, 2.24) is 0 Å². The predicted molar refractivity (Wildman–Crippen MR) is 107 cm³/mol. The van der Waals surface area contributed by atoms with Crippen LogP contribution in [0.15, 0.2) is 91.0 Å². The molecule has 0 atom stereocenters. The zero-order valence-electron chi connectivity index (χ0n) is 14.6. The molecule has 0 aliphatic carbocycles. The van der Waals surface area contributed by atoms with Crippen LogP contribution in [0.1, 0.15) is 16.7 Å². The first-order valence-corrected chi connectivity index (χ1v) is 8.47. The Labute approximate surface area is 158 Å². The van der Waals surface area contributed by atoms with Crippen molar-refractivity contribution < 1.29 is 9.53 Å². The molecule has 0 amide bonds. The van der Waals surface area contributed by atoms with Gasteiger partial charge >= 0.3 is 5.97 Å². The van der Waals surface area contributed by atoms with Gasteiger partial charge < -0.3 is 4.74 Å². The number of esters is 1. The number of allylic oxidation sites excluding steroid dienone is 1. The molecule has 0 saturated heterocycles. The average Bonchev–Trinajstić information content (AvgIpc) is 2.73. The van der Waals surface area contributed by atoms with Crippen LogP contribution in [0.4, 0.5) is 0 Å². The Kier molecular flexibility index (Phi) is 5.96. The molecule has 0 N–H and O–H groups in total. The van der Waals surface area contributed by atoms with Crippen molar-refractivity contribution in [3.63, 3.8) is 0 Å². The molecule has 0 aromatic heterocycles. The van der Waals surface area contributed by atoms with E-state index in [1.807, 2.05) is 72.8 Å². The molecule has 3 heteroatoms. The second-order valence-electron chi connectivity index (χ2n) is 5.77. The van der Waals surface area contributed by atoms with Crippen LogP contribution in [0, 0.1) is 11.3 Å². The van der Waals surface area contributed by atoms with Crippen LogP contribution in [0.25, 0.3) is 17.7 Å². The van der Waals surface area contributed by atoms with Gasteiger partial charge in [0.2, 0.25) is 0 Å². The van der Waals surface area contributed by atoms with Crippen molar-refractivity contribution in [2.45, 2.75) is 0 Å². The number of nitrogens with zero attached hydrogens (tertiary/aromatic N) is 1. The van der Waals surface area contributed by atoms with Gasteiger partial charge in [-0.2, -0.15) is 5.26 Å². The number of benzene rings is 3. The van der Waals surface area contributed by atoms with Crippen LogP contribution in [0.2, 0.25) is 0 Å². The molecule has 3 rings (SSSR count). The SMILES string of the molecule is N#C/C(=C/c1ccc(OC(=O)/C=C/c2ccccc2)cc1)c1ccccc1. The Morgan fingerprint density at radius 3 is 2.07 bits per heavy atom. The van der Waals surface area contributed by atoms with Gasteiger partial charge in [-0.15, -0.1) is 0 Å². The monoisotopic (exact) mass is 351 g/mol. The van der Waals surface area contributed by atoms with Crippen molar-refractivity contribution in [1.29, 1.82) is 5.26 Å². The fourth-order valence-electron chi connectivity index (χ4n) is 2.48. The Morgan fingerprint density at radius 1 is 0.815 bits per heavy atom. The maximum Gasteiger partial charge on any atom is 0.336 e. The van der Waals surface area contributed by atoms with Crippen LogP contribution < -0.4 is 4.74 Å². The number of hydrogen-bond donors (Lipinski definition) is 0. The summed E-state index contributed by atoms with van der Waals surface area (Å²) in [6.07, 6.45) is 4.90. The van der Waals surface area contributed by atoms with Gasteiger partial charge in [0.25, 0.3) is 0 Å². The molecular weight excluding hydrogens is 334 g/mol. The van der Waals surface area contributed by atoms with Crippen LogP contribution in [0.5, 0.6) is 5.75 Å². The third kappa shape index (κ3) is 5.29. The first-order chi connectivity index (χ1) is 13.2. The quantitative estimate of drug-likeness (QED) is 0.204. The largest absolute Gasteiger partial charge is 0.423 e. The summed E-state index contributed by atoms with van der Waals surface area (Å²) in [5.41, 5.74) is 3.22. The van der Waals surface area contributed by atoms with E-state index in [0.29, 0.717) is 11.3 Å². The Balaban J connectivity index is 1.67. The predicted octanol–water partition coefficient (Wildman–Crippen LogP) is 5.37. The van der Waals surface area contributed by atoms with E-state index in [0.717, 1.165) is 16.7 Å². The van der Waals surface area contributed by atoms with E-state index < -0.39 is 5.97 Å². The van der Waals surface area contributed by atoms with Gasteiger partial charge in [-0.05, 0) is 41.0 Å². The highest BCUT2D eigenvalue weighted by molar-refractivity contribution is 5.90. The van der Waals surface area contributed by atoms with Gasteiger partial charge in [-0.1, -0.05) is 72.8 Å². The highest BCUT2D eigenvalue weighted by Gasteiger charge is 2.03. The van der Waals surface area contributed by atoms with Gasteiger partial charge in [0, 0.05) is 6.08 Å². The molecule has 0 heterocycles. The zero-order chi connectivity index (χ0) is 18.9. The molecule has 0 spiro atoms. The topological polar surface area (TPSA) is 50.1 Å². The molecule has 0 bridgehead atoms. The summed E-state index contributed by atoms with van der Waals surface area (Å²) in [5, 5.41) is 9.37. The standard InChI is InChI=1S/C24H17NO2/c25-18-22(21-9-5-2-6-10-21)17-20-11-14-23(15-12-20)27-24(26)16-13-19-7-3-1-4-8-19/h1-17H/b16-13+,22-17-. The van der Waals surface area contributed by atoms with E-state index in [-0.39, 0.29) is 0 Å². The Morgan fingerprint density at radius 2 is 1.44 bits per heavy atom. The number of carbonyl (C=O) groups is 1. The highest BCUT2D eigenvalue weighted by atomic mass is 16.5. The molecule has 3 aromatic rings. The highest BCUT2D eigenvalue weighted by Crippen LogP contribution is 2.19. The maximum absolute atomic E-state index is 11.9. The van der Waals surface area contributed by atoms with Crippen molar-refractivity contribution >= 4 is 23.7 Å². The summed E-state index contributed by atoms with van der Waals surface area (Å²) in [6, 6.07) is 28.3. The molecule has 0 unspecified atom stereocenters. The molecule has 27 heavy (non-hydrogen) atoms. The molecule has 0 radical (unpaired) electrons. The minimum Gasteiger partial charge on any atom is -0.423 e. The fourth-order valence-corrected chi connectivity index (χ4v) is 2.48. The summed E-state index contributed by atoms with van der Waals surface area (Å²) >= 11 is 0. The summed E-state index contributed by atoms with van der Waals surface area (Å²) in [7, 11) is 0. The molecule has 0 saturated carbocycles. The van der Waals surface area contributed by atoms with Crippen molar-refractivity contribution in [3.8, 4) is 11.8 Å². The number of carbonyl (C=O) groups excluding carboxylic acids is 1. The second kappa shape index (κ2) is 8.98. The normalized spacial score (nSPS) is 11.1. The van der Waals surface area contributed by atoms with Crippen LogP contribution in [-0.2, 0) is 4.79 Å². The van der Waals surface area contributed by atoms with Crippen molar-refractivity contribution in [3.05, 3.63) is 108 Å². The first-order valence-electron chi connectivity index (χ1n) is 8.47. The number of rotatable bonds is 5. The number of ether oxygens (including phenoxy) is 1. The number of nitriles is 1. The van der Waals surface area contributed by atoms with E-state index in [1.165, 1.54) is 6.08 Å². The molecule has 0 aliphatic rings. The van der Waals surface area contributed by atoms with Crippen LogP contribution in [0.3, 0.4) is 0 Å². The van der Waals surface area contributed by atoms with E-state index in [9.17, 15) is 10.1 Å². The lowest BCUT2D eigenvalue weighted by Crippen LogP contribution is -2.03. The lowest BCUT2D eigenvalue weighted by Gasteiger charge is -2.03. The minimum absolute atomic E-state index is 0.441.